The van der Waals surface area contributed by atoms with Crippen LogP contribution in [-0.2, 0) is 21.3 Å². The number of aromatic nitrogens is 1. The summed E-state index contributed by atoms with van der Waals surface area (Å²) in [5.41, 5.74) is 0.940. The summed E-state index contributed by atoms with van der Waals surface area (Å²) in [6.45, 7) is 1.43. The molecule has 90 valence electrons. The Morgan fingerprint density at radius 1 is 1.44 bits per heavy atom. The summed E-state index contributed by atoms with van der Waals surface area (Å²) < 4.78 is 31.6. The molecule has 0 unspecified atom stereocenters. The quantitative estimate of drug-likeness (QED) is 0.815. The molecule has 0 aromatic carbocycles. The SMILES string of the molecule is O=S(=O)(NCc1cc[nH]c1)C1CCOCC1. The van der Waals surface area contributed by atoms with Crippen molar-refractivity contribution in [3.05, 3.63) is 24.0 Å². The van der Waals surface area contributed by atoms with Crippen LogP contribution in [0.4, 0.5) is 0 Å². The Balaban J connectivity index is 1.91. The minimum atomic E-state index is -3.20. The second-order valence-electron chi connectivity index (χ2n) is 3.90. The van der Waals surface area contributed by atoms with E-state index < -0.39 is 10.0 Å². The number of rotatable bonds is 4. The highest BCUT2D eigenvalue weighted by Crippen LogP contribution is 2.15. The molecule has 1 aromatic heterocycles. The van der Waals surface area contributed by atoms with Crippen molar-refractivity contribution in [3.63, 3.8) is 0 Å². The third-order valence-electron chi connectivity index (χ3n) is 2.75. The van der Waals surface area contributed by atoms with Gasteiger partial charge in [0.15, 0.2) is 0 Å². The molecule has 1 aromatic rings. The van der Waals surface area contributed by atoms with Crippen LogP contribution in [0.5, 0.6) is 0 Å². The Bertz CT molecular complexity index is 407. The zero-order valence-electron chi connectivity index (χ0n) is 8.98. The molecular formula is C10H16N2O3S. The average molecular weight is 244 g/mol. The second kappa shape index (κ2) is 4.99. The van der Waals surface area contributed by atoms with Crippen molar-refractivity contribution in [1.82, 2.24) is 9.71 Å². The monoisotopic (exact) mass is 244 g/mol. The fourth-order valence-electron chi connectivity index (χ4n) is 1.76. The summed E-state index contributed by atoms with van der Waals surface area (Å²) in [5, 5.41) is -0.305. The van der Waals surface area contributed by atoms with Crippen LogP contribution in [0.25, 0.3) is 0 Å². The van der Waals surface area contributed by atoms with E-state index in [1.807, 2.05) is 6.07 Å². The normalized spacial score (nSPS) is 18.8. The van der Waals surface area contributed by atoms with Crippen LogP contribution in [0, 0.1) is 0 Å². The highest BCUT2D eigenvalue weighted by molar-refractivity contribution is 7.90. The molecule has 2 N–H and O–H groups in total. The van der Waals surface area contributed by atoms with E-state index in [1.54, 1.807) is 12.4 Å². The first-order chi connectivity index (χ1) is 7.68. The molecule has 0 spiro atoms. The van der Waals surface area contributed by atoms with Gasteiger partial charge in [0, 0.05) is 32.2 Å². The van der Waals surface area contributed by atoms with Gasteiger partial charge in [0.1, 0.15) is 0 Å². The molecule has 1 aliphatic rings. The molecule has 0 aliphatic carbocycles. The van der Waals surface area contributed by atoms with Crippen LogP contribution < -0.4 is 4.72 Å². The molecule has 5 nitrogen and oxygen atoms in total. The molecule has 1 aliphatic heterocycles. The number of aromatic amines is 1. The lowest BCUT2D eigenvalue weighted by molar-refractivity contribution is 0.0981. The Morgan fingerprint density at radius 3 is 2.81 bits per heavy atom. The van der Waals surface area contributed by atoms with Gasteiger partial charge >= 0.3 is 0 Å². The standard InChI is InChI=1S/C10H16N2O3S/c13-16(14,10-2-5-15-6-3-10)12-8-9-1-4-11-7-9/h1,4,7,10-12H,2-3,5-6,8H2. The highest BCUT2D eigenvalue weighted by Gasteiger charge is 2.27. The van der Waals surface area contributed by atoms with Crippen molar-refractivity contribution in [3.8, 4) is 0 Å². The Hall–Kier alpha value is -0.850. The largest absolute Gasteiger partial charge is 0.381 e. The fraction of sp³-hybridized carbons (Fsp3) is 0.600. The van der Waals surface area contributed by atoms with Gasteiger partial charge in [-0.1, -0.05) is 0 Å². The first kappa shape index (κ1) is 11.6. The molecule has 0 atom stereocenters. The summed E-state index contributed by atoms with van der Waals surface area (Å²) in [5.74, 6) is 0. The number of sulfonamides is 1. The maximum atomic E-state index is 11.9. The number of H-pyrrole nitrogens is 1. The van der Waals surface area contributed by atoms with Gasteiger partial charge in [0.2, 0.25) is 10.0 Å². The lowest BCUT2D eigenvalue weighted by atomic mass is 10.2. The third-order valence-corrected chi connectivity index (χ3v) is 4.64. The summed E-state index contributed by atoms with van der Waals surface area (Å²) in [6.07, 6.45) is 4.73. The maximum absolute atomic E-state index is 11.9. The van der Waals surface area contributed by atoms with Crippen molar-refractivity contribution >= 4 is 10.0 Å². The molecule has 0 bridgehead atoms. The van der Waals surface area contributed by atoms with Gasteiger partial charge in [-0.3, -0.25) is 0 Å². The van der Waals surface area contributed by atoms with Crippen LogP contribution in [0.1, 0.15) is 18.4 Å². The lowest BCUT2D eigenvalue weighted by Gasteiger charge is -2.22. The van der Waals surface area contributed by atoms with Gasteiger partial charge in [-0.05, 0) is 24.5 Å². The van der Waals surface area contributed by atoms with Gasteiger partial charge < -0.3 is 9.72 Å². The van der Waals surface area contributed by atoms with E-state index in [1.165, 1.54) is 0 Å². The van der Waals surface area contributed by atoms with Crippen molar-refractivity contribution in [2.75, 3.05) is 13.2 Å². The molecule has 1 saturated heterocycles. The zero-order valence-corrected chi connectivity index (χ0v) is 9.79. The fourth-order valence-corrected chi connectivity index (χ4v) is 3.17. The lowest BCUT2D eigenvalue weighted by Crippen LogP contribution is -2.37. The predicted molar refractivity (Wildman–Crippen MR) is 60.4 cm³/mol. The molecule has 0 radical (unpaired) electrons. The first-order valence-corrected chi connectivity index (χ1v) is 6.91. The number of hydrogen-bond acceptors (Lipinski definition) is 3. The number of ether oxygens (including phenoxy) is 1. The van der Waals surface area contributed by atoms with Gasteiger partial charge in [-0.25, -0.2) is 13.1 Å². The Kier molecular flexibility index (Phi) is 3.63. The molecular weight excluding hydrogens is 228 g/mol. The zero-order chi connectivity index (χ0) is 11.4. The summed E-state index contributed by atoms with van der Waals surface area (Å²) in [6, 6.07) is 1.85. The second-order valence-corrected chi connectivity index (χ2v) is 5.94. The molecule has 2 heterocycles. The molecule has 1 fully saturated rings. The van der Waals surface area contributed by atoms with Crippen molar-refractivity contribution < 1.29 is 13.2 Å². The molecule has 16 heavy (non-hydrogen) atoms. The summed E-state index contributed by atoms with van der Waals surface area (Å²) in [7, 11) is -3.20. The Morgan fingerprint density at radius 2 is 2.19 bits per heavy atom. The van der Waals surface area contributed by atoms with E-state index in [-0.39, 0.29) is 5.25 Å². The average Bonchev–Trinajstić information content (AvgIpc) is 2.81. The van der Waals surface area contributed by atoms with Crippen LogP contribution in [-0.4, -0.2) is 31.9 Å². The molecule has 0 saturated carbocycles. The predicted octanol–water partition coefficient (Wildman–Crippen LogP) is 0.613. The highest BCUT2D eigenvalue weighted by atomic mass is 32.2. The van der Waals surface area contributed by atoms with E-state index in [0.29, 0.717) is 32.6 Å². The minimum Gasteiger partial charge on any atom is -0.381 e. The van der Waals surface area contributed by atoms with Crippen molar-refractivity contribution in [2.24, 2.45) is 0 Å². The topological polar surface area (TPSA) is 71.2 Å². The number of hydrogen-bond donors (Lipinski definition) is 2. The van der Waals surface area contributed by atoms with E-state index in [2.05, 4.69) is 9.71 Å². The minimum absolute atomic E-state index is 0.305. The van der Waals surface area contributed by atoms with Crippen molar-refractivity contribution in [1.29, 1.82) is 0 Å². The first-order valence-electron chi connectivity index (χ1n) is 5.36. The molecule has 2 rings (SSSR count). The van der Waals surface area contributed by atoms with Gasteiger partial charge in [-0.15, -0.1) is 0 Å². The van der Waals surface area contributed by atoms with Crippen LogP contribution in [0.2, 0.25) is 0 Å². The summed E-state index contributed by atoms with van der Waals surface area (Å²) in [4.78, 5) is 2.89. The maximum Gasteiger partial charge on any atom is 0.214 e. The Labute approximate surface area is 95.2 Å². The third kappa shape index (κ3) is 2.84. The van der Waals surface area contributed by atoms with Gasteiger partial charge in [-0.2, -0.15) is 0 Å². The molecule has 0 amide bonds. The van der Waals surface area contributed by atoms with Gasteiger partial charge in [0.25, 0.3) is 0 Å². The van der Waals surface area contributed by atoms with E-state index in [0.717, 1.165) is 5.56 Å². The van der Waals surface area contributed by atoms with E-state index in [9.17, 15) is 8.42 Å². The van der Waals surface area contributed by atoms with Crippen LogP contribution >= 0.6 is 0 Å². The van der Waals surface area contributed by atoms with Crippen molar-refractivity contribution in [2.45, 2.75) is 24.6 Å². The van der Waals surface area contributed by atoms with Crippen LogP contribution in [0.3, 0.4) is 0 Å². The van der Waals surface area contributed by atoms with Gasteiger partial charge in [0.05, 0.1) is 5.25 Å². The number of nitrogens with one attached hydrogen (secondary N) is 2. The van der Waals surface area contributed by atoms with Crippen LogP contribution in [0.15, 0.2) is 18.5 Å². The van der Waals surface area contributed by atoms with E-state index in [4.69, 9.17) is 4.74 Å². The smallest absolute Gasteiger partial charge is 0.214 e. The molecule has 6 heteroatoms. The summed E-state index contributed by atoms with van der Waals surface area (Å²) >= 11 is 0. The van der Waals surface area contributed by atoms with E-state index >= 15 is 0 Å².